The van der Waals surface area contributed by atoms with Crippen LogP contribution in [0.3, 0.4) is 0 Å². The molecule has 0 aliphatic rings. The van der Waals surface area contributed by atoms with Gasteiger partial charge in [-0.2, -0.15) is 0 Å². The maximum absolute atomic E-state index is 12.4. The van der Waals surface area contributed by atoms with Crippen molar-refractivity contribution in [1.82, 2.24) is 9.97 Å². The molecule has 0 radical (unpaired) electrons. The van der Waals surface area contributed by atoms with Gasteiger partial charge < -0.3 is 15.4 Å². The zero-order chi connectivity index (χ0) is 20.1. The Morgan fingerprint density at radius 1 is 1.04 bits per heavy atom. The number of hydrogen-bond donors (Lipinski definition) is 2. The van der Waals surface area contributed by atoms with Crippen LogP contribution in [0.2, 0.25) is 5.02 Å². The summed E-state index contributed by atoms with van der Waals surface area (Å²) in [6.45, 7) is 1.87. The highest BCUT2D eigenvalue weighted by Crippen LogP contribution is 2.22. The van der Waals surface area contributed by atoms with E-state index in [1.807, 2.05) is 13.0 Å². The minimum Gasteiger partial charge on any atom is -0.465 e. The Hall–Kier alpha value is -3.45. The summed E-state index contributed by atoms with van der Waals surface area (Å²) in [5.74, 6) is -0.588. The van der Waals surface area contributed by atoms with Gasteiger partial charge in [-0.15, -0.1) is 0 Å². The third-order valence-electron chi connectivity index (χ3n) is 3.94. The molecule has 1 amide bonds. The SMILES string of the molecule is COC(=O)c1ccccc1Nc1ncc(C(=O)Nc2cc(Cl)ccc2C)cn1. The Morgan fingerprint density at radius 3 is 2.46 bits per heavy atom. The van der Waals surface area contributed by atoms with Gasteiger partial charge in [-0.1, -0.05) is 29.8 Å². The largest absolute Gasteiger partial charge is 0.465 e. The second-order valence-electron chi connectivity index (χ2n) is 5.87. The number of carbonyl (C=O) groups excluding carboxylic acids is 2. The van der Waals surface area contributed by atoms with Gasteiger partial charge in [0.1, 0.15) is 0 Å². The molecule has 0 saturated heterocycles. The lowest BCUT2D eigenvalue weighted by molar-refractivity contribution is 0.0601. The molecule has 0 bridgehead atoms. The third kappa shape index (κ3) is 4.44. The quantitative estimate of drug-likeness (QED) is 0.627. The highest BCUT2D eigenvalue weighted by atomic mass is 35.5. The number of hydrogen-bond acceptors (Lipinski definition) is 6. The van der Waals surface area contributed by atoms with Gasteiger partial charge in [0.2, 0.25) is 5.95 Å². The molecular weight excluding hydrogens is 380 g/mol. The maximum atomic E-state index is 12.4. The van der Waals surface area contributed by atoms with Gasteiger partial charge in [0.25, 0.3) is 5.91 Å². The van der Waals surface area contributed by atoms with Crippen molar-refractivity contribution in [3.8, 4) is 0 Å². The Morgan fingerprint density at radius 2 is 1.75 bits per heavy atom. The van der Waals surface area contributed by atoms with Gasteiger partial charge in [0.15, 0.2) is 0 Å². The number of nitrogens with one attached hydrogen (secondary N) is 2. The lowest BCUT2D eigenvalue weighted by Crippen LogP contribution is -2.14. The monoisotopic (exact) mass is 396 g/mol. The number of nitrogens with zero attached hydrogens (tertiary/aromatic N) is 2. The third-order valence-corrected chi connectivity index (χ3v) is 4.18. The van der Waals surface area contributed by atoms with E-state index >= 15 is 0 Å². The first kappa shape index (κ1) is 19.3. The number of ether oxygens (including phenoxy) is 1. The van der Waals surface area contributed by atoms with Gasteiger partial charge in [-0.25, -0.2) is 14.8 Å². The van der Waals surface area contributed by atoms with E-state index in [9.17, 15) is 9.59 Å². The van der Waals surface area contributed by atoms with Gasteiger partial charge in [-0.05, 0) is 36.8 Å². The van der Waals surface area contributed by atoms with Crippen molar-refractivity contribution >= 4 is 40.8 Å². The molecule has 2 aromatic carbocycles. The van der Waals surface area contributed by atoms with Crippen molar-refractivity contribution in [2.75, 3.05) is 17.7 Å². The number of aromatic nitrogens is 2. The summed E-state index contributed by atoms with van der Waals surface area (Å²) in [5.41, 5.74) is 2.64. The average Bonchev–Trinajstić information content (AvgIpc) is 2.71. The van der Waals surface area contributed by atoms with E-state index in [0.29, 0.717) is 22.0 Å². The van der Waals surface area contributed by atoms with Crippen LogP contribution >= 0.6 is 11.6 Å². The number of benzene rings is 2. The number of anilines is 3. The Kier molecular flexibility index (Phi) is 5.86. The van der Waals surface area contributed by atoms with Crippen LogP contribution in [0, 0.1) is 6.92 Å². The Balaban J connectivity index is 1.74. The van der Waals surface area contributed by atoms with Crippen molar-refractivity contribution in [1.29, 1.82) is 0 Å². The fraction of sp³-hybridized carbons (Fsp3) is 0.100. The first-order valence-corrected chi connectivity index (χ1v) is 8.69. The predicted octanol–water partition coefficient (Wildman–Crippen LogP) is 4.22. The second kappa shape index (κ2) is 8.49. The first-order valence-electron chi connectivity index (χ1n) is 8.32. The summed E-state index contributed by atoms with van der Waals surface area (Å²) in [5, 5.41) is 6.26. The highest BCUT2D eigenvalue weighted by Gasteiger charge is 2.13. The minimum atomic E-state index is -0.476. The topological polar surface area (TPSA) is 93.2 Å². The second-order valence-corrected chi connectivity index (χ2v) is 6.31. The molecule has 2 N–H and O–H groups in total. The van der Waals surface area contributed by atoms with E-state index in [2.05, 4.69) is 20.6 Å². The smallest absolute Gasteiger partial charge is 0.339 e. The maximum Gasteiger partial charge on any atom is 0.339 e. The fourth-order valence-electron chi connectivity index (χ4n) is 2.43. The molecule has 0 spiro atoms. The van der Waals surface area contributed by atoms with Crippen LogP contribution in [-0.4, -0.2) is 29.0 Å². The normalized spacial score (nSPS) is 10.2. The molecule has 0 fully saturated rings. The predicted molar refractivity (Wildman–Crippen MR) is 107 cm³/mol. The molecule has 3 rings (SSSR count). The first-order chi connectivity index (χ1) is 13.5. The van der Waals surface area contributed by atoms with Crippen LogP contribution in [0.15, 0.2) is 54.9 Å². The summed E-state index contributed by atoms with van der Waals surface area (Å²) < 4.78 is 4.76. The minimum absolute atomic E-state index is 0.242. The zero-order valence-corrected chi connectivity index (χ0v) is 15.9. The summed E-state index contributed by atoms with van der Waals surface area (Å²) in [4.78, 5) is 32.5. The number of amides is 1. The Labute approximate surface area is 166 Å². The van der Waals surface area contributed by atoms with Crippen molar-refractivity contribution < 1.29 is 14.3 Å². The number of rotatable bonds is 5. The van der Waals surface area contributed by atoms with Crippen molar-refractivity contribution in [2.45, 2.75) is 6.92 Å². The molecule has 1 heterocycles. The average molecular weight is 397 g/mol. The van der Waals surface area contributed by atoms with Gasteiger partial charge in [0.05, 0.1) is 23.9 Å². The standard InChI is InChI=1S/C20H17ClN4O3/c1-12-7-8-14(21)9-17(12)24-18(26)13-10-22-20(23-11-13)25-16-6-4-3-5-15(16)19(27)28-2/h3-11H,1-2H3,(H,24,26)(H,22,23,25). The summed E-state index contributed by atoms with van der Waals surface area (Å²) in [6, 6.07) is 12.1. The molecule has 0 saturated carbocycles. The van der Waals surface area contributed by atoms with Crippen molar-refractivity contribution in [2.24, 2.45) is 0 Å². The number of halogens is 1. The lowest BCUT2D eigenvalue weighted by Gasteiger charge is -2.10. The number of esters is 1. The highest BCUT2D eigenvalue weighted by molar-refractivity contribution is 6.31. The molecule has 142 valence electrons. The molecule has 0 aliphatic carbocycles. The van der Waals surface area contributed by atoms with Gasteiger partial charge in [0, 0.05) is 23.1 Å². The van der Waals surface area contributed by atoms with E-state index in [1.165, 1.54) is 19.5 Å². The van der Waals surface area contributed by atoms with Crippen molar-refractivity contribution in [3.05, 3.63) is 76.6 Å². The Bertz CT molecular complexity index is 1020. The molecule has 0 aliphatic heterocycles. The van der Waals surface area contributed by atoms with Crippen LogP contribution in [0.25, 0.3) is 0 Å². The molecule has 0 unspecified atom stereocenters. The van der Waals surface area contributed by atoms with Crippen LogP contribution < -0.4 is 10.6 Å². The molecule has 8 heteroatoms. The number of carbonyl (C=O) groups is 2. The molecule has 0 atom stereocenters. The van der Waals surface area contributed by atoms with E-state index in [0.717, 1.165) is 5.56 Å². The molecular formula is C20H17ClN4O3. The van der Waals surface area contributed by atoms with E-state index < -0.39 is 5.97 Å². The van der Waals surface area contributed by atoms with Crippen LogP contribution in [-0.2, 0) is 4.74 Å². The molecule has 3 aromatic rings. The molecule has 7 nitrogen and oxygen atoms in total. The van der Waals surface area contributed by atoms with E-state index in [-0.39, 0.29) is 17.4 Å². The molecule has 28 heavy (non-hydrogen) atoms. The van der Waals surface area contributed by atoms with E-state index in [1.54, 1.807) is 36.4 Å². The summed E-state index contributed by atoms with van der Waals surface area (Å²) in [6.07, 6.45) is 2.79. The number of aryl methyl sites for hydroxylation is 1. The fourth-order valence-corrected chi connectivity index (χ4v) is 2.61. The van der Waals surface area contributed by atoms with Crippen LogP contribution in [0.4, 0.5) is 17.3 Å². The molecule has 1 aromatic heterocycles. The van der Waals surface area contributed by atoms with Gasteiger partial charge >= 0.3 is 5.97 Å². The van der Waals surface area contributed by atoms with Crippen LogP contribution in [0.5, 0.6) is 0 Å². The number of methoxy groups -OCH3 is 1. The van der Waals surface area contributed by atoms with Crippen LogP contribution in [0.1, 0.15) is 26.3 Å². The summed E-state index contributed by atoms with van der Waals surface area (Å²) in [7, 11) is 1.31. The summed E-state index contributed by atoms with van der Waals surface area (Å²) >= 11 is 5.97. The zero-order valence-electron chi connectivity index (χ0n) is 15.2. The lowest BCUT2D eigenvalue weighted by atomic mass is 10.2. The van der Waals surface area contributed by atoms with E-state index in [4.69, 9.17) is 16.3 Å². The van der Waals surface area contributed by atoms with Crippen molar-refractivity contribution in [3.63, 3.8) is 0 Å². The van der Waals surface area contributed by atoms with Gasteiger partial charge in [-0.3, -0.25) is 4.79 Å². The number of para-hydroxylation sites is 1.